The van der Waals surface area contributed by atoms with Gasteiger partial charge in [0, 0.05) is 18.9 Å². The van der Waals surface area contributed by atoms with Gasteiger partial charge in [0.15, 0.2) is 0 Å². The Hall–Kier alpha value is -2.38. The Bertz CT molecular complexity index is 705. The normalized spacial score (nSPS) is 11.5. The number of aromatic nitrogens is 2. The van der Waals surface area contributed by atoms with Gasteiger partial charge in [-0.1, -0.05) is 26.2 Å². The summed E-state index contributed by atoms with van der Waals surface area (Å²) in [5, 5.41) is 0. The van der Waals surface area contributed by atoms with E-state index in [0.717, 1.165) is 19.3 Å². The van der Waals surface area contributed by atoms with E-state index in [4.69, 9.17) is 4.74 Å². The first-order valence-corrected chi connectivity index (χ1v) is 8.39. The second kappa shape index (κ2) is 8.82. The zero-order valence-corrected chi connectivity index (χ0v) is 14.7. The second-order valence-corrected chi connectivity index (χ2v) is 5.83. The summed E-state index contributed by atoms with van der Waals surface area (Å²) < 4.78 is 57.8. The van der Waals surface area contributed by atoms with E-state index < -0.39 is 23.4 Å². The fourth-order valence-corrected chi connectivity index (χ4v) is 2.30. The van der Waals surface area contributed by atoms with Gasteiger partial charge in [-0.25, -0.2) is 9.37 Å². The van der Waals surface area contributed by atoms with Gasteiger partial charge in [-0.3, -0.25) is 0 Å². The summed E-state index contributed by atoms with van der Waals surface area (Å²) in [7, 11) is 1.58. The molecule has 0 aliphatic heterocycles. The lowest BCUT2D eigenvalue weighted by atomic mass is 10.2. The first-order valence-electron chi connectivity index (χ1n) is 8.39. The lowest BCUT2D eigenvalue weighted by Gasteiger charge is -2.19. The molecular formula is C18H21F4N3O. The molecule has 2 aromatic rings. The van der Waals surface area contributed by atoms with Crippen molar-refractivity contribution in [3.63, 3.8) is 0 Å². The van der Waals surface area contributed by atoms with Gasteiger partial charge in [0.2, 0.25) is 11.8 Å². The van der Waals surface area contributed by atoms with E-state index in [1.54, 1.807) is 7.05 Å². The van der Waals surface area contributed by atoms with Crippen molar-refractivity contribution in [1.29, 1.82) is 0 Å². The maximum Gasteiger partial charge on any atom is 0.423 e. The molecule has 1 aromatic carbocycles. The SMILES string of the molecule is CCCCCCOc1nc(N(C)c2ccc(F)cc2)ncc1C(F)(F)F. The van der Waals surface area contributed by atoms with Crippen LogP contribution in [0.5, 0.6) is 5.88 Å². The van der Waals surface area contributed by atoms with Crippen LogP contribution in [0.25, 0.3) is 0 Å². The van der Waals surface area contributed by atoms with E-state index in [-0.39, 0.29) is 12.6 Å². The minimum atomic E-state index is -4.61. The summed E-state index contributed by atoms with van der Waals surface area (Å²) >= 11 is 0. The number of benzene rings is 1. The number of anilines is 2. The molecule has 1 heterocycles. The van der Waals surface area contributed by atoms with Crippen molar-refractivity contribution in [3.05, 3.63) is 41.8 Å². The smallest absolute Gasteiger partial charge is 0.423 e. The molecule has 0 N–H and O–H groups in total. The van der Waals surface area contributed by atoms with Crippen LogP contribution in [0.3, 0.4) is 0 Å². The van der Waals surface area contributed by atoms with E-state index in [1.807, 2.05) is 6.92 Å². The van der Waals surface area contributed by atoms with Crippen molar-refractivity contribution in [3.8, 4) is 5.88 Å². The molecule has 0 atom stereocenters. The van der Waals surface area contributed by atoms with Gasteiger partial charge in [-0.2, -0.15) is 18.2 Å². The molecule has 2 rings (SSSR count). The van der Waals surface area contributed by atoms with Gasteiger partial charge in [0.25, 0.3) is 0 Å². The van der Waals surface area contributed by atoms with Crippen molar-refractivity contribution in [1.82, 2.24) is 9.97 Å². The third-order valence-corrected chi connectivity index (χ3v) is 3.80. The number of halogens is 4. The van der Waals surface area contributed by atoms with Gasteiger partial charge in [-0.05, 0) is 30.7 Å². The van der Waals surface area contributed by atoms with Gasteiger partial charge in [-0.15, -0.1) is 0 Å². The predicted molar refractivity (Wildman–Crippen MR) is 91.1 cm³/mol. The highest BCUT2D eigenvalue weighted by Crippen LogP contribution is 2.36. The lowest BCUT2D eigenvalue weighted by molar-refractivity contribution is -0.139. The molecule has 0 saturated heterocycles. The number of ether oxygens (including phenoxy) is 1. The van der Waals surface area contributed by atoms with Crippen LogP contribution in [0, 0.1) is 5.82 Å². The van der Waals surface area contributed by atoms with Crippen molar-refractivity contribution < 1.29 is 22.3 Å². The molecule has 0 bridgehead atoms. The van der Waals surface area contributed by atoms with Crippen LogP contribution in [0.4, 0.5) is 29.2 Å². The Labute approximate surface area is 149 Å². The van der Waals surface area contributed by atoms with E-state index in [1.165, 1.54) is 29.2 Å². The molecule has 0 fully saturated rings. The largest absolute Gasteiger partial charge is 0.477 e. The number of rotatable bonds is 8. The third kappa shape index (κ3) is 5.31. The minimum Gasteiger partial charge on any atom is -0.477 e. The number of hydrogen-bond acceptors (Lipinski definition) is 4. The summed E-state index contributed by atoms with van der Waals surface area (Å²) in [6, 6.07) is 5.48. The first-order chi connectivity index (χ1) is 12.3. The highest BCUT2D eigenvalue weighted by molar-refractivity contribution is 5.56. The van der Waals surface area contributed by atoms with Crippen LogP contribution >= 0.6 is 0 Å². The van der Waals surface area contributed by atoms with Crippen LogP contribution < -0.4 is 9.64 Å². The highest BCUT2D eigenvalue weighted by atomic mass is 19.4. The molecule has 142 valence electrons. The molecule has 1 aromatic heterocycles. The maximum absolute atomic E-state index is 13.2. The Morgan fingerprint density at radius 3 is 2.38 bits per heavy atom. The fraction of sp³-hybridized carbons (Fsp3) is 0.444. The Morgan fingerprint density at radius 1 is 1.08 bits per heavy atom. The maximum atomic E-state index is 13.2. The first kappa shape index (κ1) is 19.9. The number of hydrogen-bond donors (Lipinski definition) is 0. The van der Waals surface area contributed by atoms with E-state index in [0.29, 0.717) is 18.3 Å². The monoisotopic (exact) mass is 371 g/mol. The van der Waals surface area contributed by atoms with Crippen molar-refractivity contribution >= 4 is 11.6 Å². The van der Waals surface area contributed by atoms with Crippen molar-refractivity contribution in [2.75, 3.05) is 18.6 Å². The summed E-state index contributed by atoms with van der Waals surface area (Å²) in [4.78, 5) is 9.18. The zero-order valence-electron chi connectivity index (χ0n) is 14.7. The van der Waals surface area contributed by atoms with Crippen LogP contribution in [-0.4, -0.2) is 23.6 Å². The number of unbranched alkanes of at least 4 members (excludes halogenated alkanes) is 3. The molecular weight excluding hydrogens is 350 g/mol. The lowest BCUT2D eigenvalue weighted by Crippen LogP contribution is -2.17. The second-order valence-electron chi connectivity index (χ2n) is 5.83. The quantitative estimate of drug-likeness (QED) is 0.462. The number of alkyl halides is 3. The molecule has 0 radical (unpaired) electrons. The van der Waals surface area contributed by atoms with Crippen LogP contribution in [0.15, 0.2) is 30.5 Å². The van der Waals surface area contributed by atoms with E-state index in [9.17, 15) is 17.6 Å². The van der Waals surface area contributed by atoms with E-state index in [2.05, 4.69) is 9.97 Å². The zero-order chi connectivity index (χ0) is 19.2. The molecule has 0 unspecified atom stereocenters. The summed E-state index contributed by atoms with van der Waals surface area (Å²) in [5.41, 5.74) is -0.468. The molecule has 0 aliphatic carbocycles. The molecule has 0 aliphatic rings. The summed E-state index contributed by atoms with van der Waals surface area (Å²) in [6.07, 6.45) is -0.343. The predicted octanol–water partition coefficient (Wildman–Crippen LogP) is 5.36. The fourth-order valence-electron chi connectivity index (χ4n) is 2.30. The van der Waals surface area contributed by atoms with Gasteiger partial charge in [0.1, 0.15) is 11.4 Å². The van der Waals surface area contributed by atoms with Gasteiger partial charge >= 0.3 is 6.18 Å². The average Bonchev–Trinajstić information content (AvgIpc) is 2.60. The molecule has 0 spiro atoms. The van der Waals surface area contributed by atoms with Crippen LogP contribution in [0.1, 0.15) is 38.2 Å². The molecule has 0 amide bonds. The van der Waals surface area contributed by atoms with Crippen LogP contribution in [-0.2, 0) is 6.18 Å². The average molecular weight is 371 g/mol. The third-order valence-electron chi connectivity index (χ3n) is 3.80. The van der Waals surface area contributed by atoms with Crippen LogP contribution in [0.2, 0.25) is 0 Å². The van der Waals surface area contributed by atoms with Crippen molar-refractivity contribution in [2.24, 2.45) is 0 Å². The van der Waals surface area contributed by atoms with Gasteiger partial charge in [0.05, 0.1) is 6.61 Å². The summed E-state index contributed by atoms with van der Waals surface area (Å²) in [6.45, 7) is 2.20. The Kier molecular flexibility index (Phi) is 6.76. The van der Waals surface area contributed by atoms with E-state index >= 15 is 0 Å². The summed E-state index contributed by atoms with van der Waals surface area (Å²) in [5.74, 6) is -0.868. The molecule has 26 heavy (non-hydrogen) atoms. The Balaban J connectivity index is 2.22. The molecule has 0 saturated carbocycles. The Morgan fingerprint density at radius 2 is 1.77 bits per heavy atom. The molecule has 4 nitrogen and oxygen atoms in total. The van der Waals surface area contributed by atoms with Crippen molar-refractivity contribution in [2.45, 2.75) is 38.8 Å². The highest BCUT2D eigenvalue weighted by Gasteiger charge is 2.36. The molecule has 8 heteroatoms. The topological polar surface area (TPSA) is 38.2 Å². The van der Waals surface area contributed by atoms with Gasteiger partial charge < -0.3 is 9.64 Å². The minimum absolute atomic E-state index is 0.0353. The standard InChI is InChI=1S/C18H21F4N3O/c1-3-4-5-6-11-26-16-15(18(20,21)22)12-23-17(24-16)25(2)14-9-7-13(19)8-10-14/h7-10,12H,3-6,11H2,1-2H3. The number of nitrogens with zero attached hydrogens (tertiary/aromatic N) is 3.